The molecule has 6 heteroatoms. The van der Waals surface area contributed by atoms with E-state index in [0.29, 0.717) is 19.8 Å². The van der Waals surface area contributed by atoms with Gasteiger partial charge in [0.1, 0.15) is 0 Å². The number of carbonyl (C=O) groups is 1. The molecule has 0 fully saturated rings. The molecule has 0 spiro atoms. The normalized spacial score (nSPS) is 11.7. The molecular weight excluding hydrogens is 222 g/mol. The first-order valence-electron chi connectivity index (χ1n) is 5.60. The van der Waals surface area contributed by atoms with Crippen molar-refractivity contribution in [2.45, 2.75) is 33.7 Å². The van der Waals surface area contributed by atoms with Gasteiger partial charge >= 0.3 is 5.97 Å². The molecule has 0 aliphatic rings. The number of hydrogen-bond acceptors (Lipinski definition) is 4. The van der Waals surface area contributed by atoms with Crippen molar-refractivity contribution in [2.75, 3.05) is 13.2 Å². The predicted octanol–water partition coefficient (Wildman–Crippen LogP) is 1.43. The molecule has 1 heterocycles. The second-order valence-corrected chi connectivity index (χ2v) is 5.10. The van der Waals surface area contributed by atoms with Gasteiger partial charge in [-0.15, -0.1) is 5.10 Å². The van der Waals surface area contributed by atoms with E-state index in [1.54, 1.807) is 0 Å². The highest BCUT2D eigenvalue weighted by molar-refractivity contribution is 5.84. The van der Waals surface area contributed by atoms with Crippen LogP contribution in [0.1, 0.15) is 37.7 Å². The van der Waals surface area contributed by atoms with Gasteiger partial charge in [0.05, 0.1) is 19.3 Å². The largest absolute Gasteiger partial charge is 0.476 e. The Labute approximate surface area is 101 Å². The van der Waals surface area contributed by atoms with Crippen molar-refractivity contribution in [3.63, 3.8) is 0 Å². The molecule has 0 amide bonds. The zero-order valence-corrected chi connectivity index (χ0v) is 10.5. The minimum Gasteiger partial charge on any atom is -0.476 e. The molecule has 0 aliphatic heterocycles. The summed E-state index contributed by atoms with van der Waals surface area (Å²) in [5.41, 5.74) is 0.226. The smallest absolute Gasteiger partial charge is 0.358 e. The minimum atomic E-state index is -1.06. The number of rotatable bonds is 6. The average molecular weight is 241 g/mol. The lowest BCUT2D eigenvalue weighted by molar-refractivity contribution is 0.0690. The second kappa shape index (κ2) is 5.77. The molecule has 0 aromatic carbocycles. The maximum Gasteiger partial charge on any atom is 0.358 e. The van der Waals surface area contributed by atoms with Gasteiger partial charge in [-0.25, -0.2) is 9.48 Å². The van der Waals surface area contributed by atoms with Crippen LogP contribution < -0.4 is 0 Å². The van der Waals surface area contributed by atoms with Gasteiger partial charge in [-0.3, -0.25) is 0 Å². The topological polar surface area (TPSA) is 77.2 Å². The maximum absolute atomic E-state index is 10.6. The van der Waals surface area contributed by atoms with Crippen molar-refractivity contribution in [3.05, 3.63) is 11.9 Å². The van der Waals surface area contributed by atoms with E-state index in [1.165, 1.54) is 10.9 Å². The molecule has 96 valence electrons. The van der Waals surface area contributed by atoms with Crippen LogP contribution in [0.25, 0.3) is 0 Å². The van der Waals surface area contributed by atoms with Crippen molar-refractivity contribution in [1.82, 2.24) is 15.0 Å². The lowest BCUT2D eigenvalue weighted by atomic mass is 9.93. The first-order valence-corrected chi connectivity index (χ1v) is 5.60. The number of hydrogen-bond donors (Lipinski definition) is 1. The molecule has 0 atom stereocenters. The van der Waals surface area contributed by atoms with E-state index in [4.69, 9.17) is 9.84 Å². The second-order valence-electron chi connectivity index (χ2n) is 5.10. The van der Waals surface area contributed by atoms with Gasteiger partial charge in [0.15, 0.2) is 5.69 Å². The first kappa shape index (κ1) is 13.6. The molecule has 0 unspecified atom stereocenters. The Morgan fingerprint density at radius 3 is 2.71 bits per heavy atom. The fourth-order valence-electron chi connectivity index (χ4n) is 1.14. The monoisotopic (exact) mass is 241 g/mol. The first-order chi connectivity index (χ1) is 7.88. The highest BCUT2D eigenvalue weighted by Gasteiger charge is 2.10. The van der Waals surface area contributed by atoms with Crippen LogP contribution in [0.2, 0.25) is 0 Å². The summed E-state index contributed by atoms with van der Waals surface area (Å²) in [5, 5.41) is 15.9. The number of nitrogens with zero attached hydrogens (tertiary/aromatic N) is 3. The molecule has 17 heavy (non-hydrogen) atoms. The van der Waals surface area contributed by atoms with E-state index in [9.17, 15) is 4.79 Å². The van der Waals surface area contributed by atoms with Gasteiger partial charge < -0.3 is 9.84 Å². The van der Waals surface area contributed by atoms with E-state index in [2.05, 4.69) is 31.1 Å². The lowest BCUT2D eigenvalue weighted by Gasteiger charge is -2.17. The summed E-state index contributed by atoms with van der Waals surface area (Å²) in [6.07, 6.45) is 2.39. The Hall–Kier alpha value is -1.43. The zero-order valence-electron chi connectivity index (χ0n) is 10.5. The van der Waals surface area contributed by atoms with Gasteiger partial charge in [0, 0.05) is 6.61 Å². The van der Waals surface area contributed by atoms with E-state index >= 15 is 0 Å². The summed E-state index contributed by atoms with van der Waals surface area (Å²) in [4.78, 5) is 10.6. The molecule has 1 aromatic rings. The van der Waals surface area contributed by atoms with E-state index in [-0.39, 0.29) is 11.1 Å². The number of ether oxygens (including phenoxy) is 1. The number of aromatic nitrogens is 3. The van der Waals surface area contributed by atoms with E-state index in [1.807, 2.05) is 0 Å². The number of carboxylic acid groups (broad SMARTS) is 1. The summed E-state index contributed by atoms with van der Waals surface area (Å²) >= 11 is 0. The van der Waals surface area contributed by atoms with Crippen LogP contribution in [0.3, 0.4) is 0 Å². The molecule has 1 N–H and O–H groups in total. The molecule has 1 aromatic heterocycles. The summed E-state index contributed by atoms with van der Waals surface area (Å²) in [7, 11) is 0. The standard InChI is InChI=1S/C11H19N3O3/c1-11(2,3)4-6-17-7-5-14-8-9(10(15)16)12-13-14/h8H,4-7H2,1-3H3,(H,15,16). The van der Waals surface area contributed by atoms with Crippen molar-refractivity contribution < 1.29 is 14.6 Å². The number of aromatic carboxylic acids is 1. The minimum absolute atomic E-state index is 0.0420. The van der Waals surface area contributed by atoms with Crippen molar-refractivity contribution in [3.8, 4) is 0 Å². The molecule has 0 saturated heterocycles. The third-order valence-corrected chi connectivity index (χ3v) is 2.22. The fraction of sp³-hybridized carbons (Fsp3) is 0.727. The molecule has 6 nitrogen and oxygen atoms in total. The summed E-state index contributed by atoms with van der Waals surface area (Å²) < 4.78 is 6.92. The van der Waals surface area contributed by atoms with Crippen molar-refractivity contribution in [1.29, 1.82) is 0 Å². The van der Waals surface area contributed by atoms with Gasteiger partial charge in [-0.05, 0) is 11.8 Å². The van der Waals surface area contributed by atoms with Crippen molar-refractivity contribution in [2.24, 2.45) is 5.41 Å². The van der Waals surface area contributed by atoms with Crippen LogP contribution in [0.5, 0.6) is 0 Å². The Morgan fingerprint density at radius 1 is 1.47 bits per heavy atom. The highest BCUT2D eigenvalue weighted by Crippen LogP contribution is 2.17. The third-order valence-electron chi connectivity index (χ3n) is 2.22. The average Bonchev–Trinajstić information content (AvgIpc) is 2.64. The third kappa shape index (κ3) is 5.44. The summed E-state index contributed by atoms with van der Waals surface area (Å²) in [6, 6.07) is 0. The van der Waals surface area contributed by atoms with Crippen LogP contribution in [0, 0.1) is 5.41 Å². The van der Waals surface area contributed by atoms with Crippen LogP contribution in [0.4, 0.5) is 0 Å². The van der Waals surface area contributed by atoms with Crippen LogP contribution in [0.15, 0.2) is 6.20 Å². The number of carboxylic acids is 1. The van der Waals surface area contributed by atoms with Crippen LogP contribution in [-0.4, -0.2) is 39.3 Å². The molecule has 0 aliphatic carbocycles. The fourth-order valence-corrected chi connectivity index (χ4v) is 1.14. The van der Waals surface area contributed by atoms with Gasteiger partial charge in [-0.1, -0.05) is 26.0 Å². The quantitative estimate of drug-likeness (QED) is 0.762. The summed E-state index contributed by atoms with van der Waals surface area (Å²) in [5.74, 6) is -1.06. The molecule has 0 bridgehead atoms. The van der Waals surface area contributed by atoms with Gasteiger partial charge in [0.25, 0.3) is 0 Å². The SMILES string of the molecule is CC(C)(C)CCOCCn1cc(C(=O)O)nn1. The summed E-state index contributed by atoms with van der Waals surface area (Å²) in [6.45, 7) is 8.21. The van der Waals surface area contributed by atoms with Crippen molar-refractivity contribution >= 4 is 5.97 Å². The Kier molecular flexibility index (Phi) is 4.62. The van der Waals surface area contributed by atoms with Gasteiger partial charge in [-0.2, -0.15) is 0 Å². The Balaban J connectivity index is 2.20. The zero-order chi connectivity index (χ0) is 12.9. The maximum atomic E-state index is 10.6. The Morgan fingerprint density at radius 2 is 2.18 bits per heavy atom. The Bertz CT molecular complexity index is 368. The van der Waals surface area contributed by atoms with Gasteiger partial charge in [0.2, 0.25) is 0 Å². The molecule has 1 rings (SSSR count). The van der Waals surface area contributed by atoms with E-state index in [0.717, 1.165) is 6.42 Å². The van der Waals surface area contributed by atoms with Crippen LogP contribution in [-0.2, 0) is 11.3 Å². The van der Waals surface area contributed by atoms with E-state index < -0.39 is 5.97 Å². The molecule has 0 saturated carbocycles. The highest BCUT2D eigenvalue weighted by atomic mass is 16.5. The lowest BCUT2D eigenvalue weighted by Crippen LogP contribution is -2.12. The predicted molar refractivity (Wildman–Crippen MR) is 61.9 cm³/mol. The molecular formula is C11H19N3O3. The molecule has 0 radical (unpaired) electrons. The van der Waals surface area contributed by atoms with Crippen LogP contribution >= 0.6 is 0 Å².